The summed E-state index contributed by atoms with van der Waals surface area (Å²) < 4.78 is 5.63. The predicted octanol–water partition coefficient (Wildman–Crippen LogP) is 2.34. The monoisotopic (exact) mass is 242 g/mol. The molecule has 0 unspecified atom stereocenters. The molecule has 18 heavy (non-hydrogen) atoms. The van der Waals surface area contributed by atoms with Crippen molar-refractivity contribution < 1.29 is 4.74 Å². The van der Waals surface area contributed by atoms with Crippen LogP contribution < -0.4 is 10.5 Å². The van der Waals surface area contributed by atoms with E-state index in [1.807, 2.05) is 31.2 Å². The first-order valence-corrected chi connectivity index (χ1v) is 6.08. The van der Waals surface area contributed by atoms with Crippen molar-refractivity contribution in [2.75, 3.05) is 6.61 Å². The molecule has 2 N–H and O–H groups in total. The number of nitrogens with zero attached hydrogens (tertiary/aromatic N) is 1. The highest BCUT2D eigenvalue weighted by atomic mass is 16.5. The normalized spacial score (nSPS) is 12.1. The van der Waals surface area contributed by atoms with Crippen molar-refractivity contribution in [3.8, 4) is 5.75 Å². The number of nitrogens with two attached hydrogens (primary N) is 1. The summed E-state index contributed by atoms with van der Waals surface area (Å²) in [5.74, 6) is 0.776. The van der Waals surface area contributed by atoms with E-state index < -0.39 is 0 Å². The highest BCUT2D eigenvalue weighted by molar-refractivity contribution is 5.22. The Kier molecular flexibility index (Phi) is 4.31. The van der Waals surface area contributed by atoms with Crippen LogP contribution in [0.15, 0.2) is 48.8 Å². The van der Waals surface area contributed by atoms with Gasteiger partial charge in [0.15, 0.2) is 0 Å². The molecule has 2 aromatic rings. The Balaban J connectivity index is 1.83. The molecule has 1 aromatic heterocycles. The van der Waals surface area contributed by atoms with E-state index >= 15 is 0 Å². The first kappa shape index (κ1) is 12.6. The molecule has 0 aliphatic carbocycles. The minimum absolute atomic E-state index is 0.00656. The summed E-state index contributed by atoms with van der Waals surface area (Å²) in [5.41, 5.74) is 8.37. The van der Waals surface area contributed by atoms with Gasteiger partial charge in [0.1, 0.15) is 12.4 Å². The lowest BCUT2D eigenvalue weighted by atomic mass is 10.1. The molecule has 0 spiro atoms. The van der Waals surface area contributed by atoms with Gasteiger partial charge < -0.3 is 10.5 Å². The molecule has 0 radical (unpaired) electrons. The zero-order valence-electron chi connectivity index (χ0n) is 10.5. The molecule has 0 saturated carbocycles. The molecule has 3 nitrogen and oxygen atoms in total. The standard InChI is InChI=1S/C15H18N2O/c1-12-7-15(10-17-9-12)18-11-14(16)8-13-5-3-2-4-6-13/h2-7,9-10,14H,8,11,16H2,1H3/t14-/m1/s1. The summed E-state index contributed by atoms with van der Waals surface area (Å²) in [7, 11) is 0. The van der Waals surface area contributed by atoms with Crippen molar-refractivity contribution in [3.63, 3.8) is 0 Å². The number of rotatable bonds is 5. The zero-order valence-corrected chi connectivity index (χ0v) is 10.5. The molecule has 0 bridgehead atoms. The van der Waals surface area contributed by atoms with Crippen LogP contribution in [0.1, 0.15) is 11.1 Å². The lowest BCUT2D eigenvalue weighted by molar-refractivity contribution is 0.286. The van der Waals surface area contributed by atoms with Gasteiger partial charge in [-0.1, -0.05) is 30.3 Å². The van der Waals surface area contributed by atoms with E-state index in [0.717, 1.165) is 17.7 Å². The fraction of sp³-hybridized carbons (Fsp3) is 0.267. The smallest absolute Gasteiger partial charge is 0.137 e. The first-order valence-electron chi connectivity index (χ1n) is 6.08. The van der Waals surface area contributed by atoms with Crippen LogP contribution in [0, 0.1) is 6.92 Å². The van der Waals surface area contributed by atoms with Crippen molar-refractivity contribution in [3.05, 3.63) is 59.9 Å². The van der Waals surface area contributed by atoms with Crippen LogP contribution in [0.3, 0.4) is 0 Å². The minimum Gasteiger partial charge on any atom is -0.490 e. The molecule has 2 rings (SSSR count). The third-order valence-electron chi connectivity index (χ3n) is 2.65. The van der Waals surface area contributed by atoms with Gasteiger partial charge in [0.25, 0.3) is 0 Å². The molecule has 0 saturated heterocycles. The van der Waals surface area contributed by atoms with Gasteiger partial charge in [0.05, 0.1) is 6.20 Å². The lowest BCUT2D eigenvalue weighted by Gasteiger charge is -2.13. The van der Waals surface area contributed by atoms with Crippen molar-refractivity contribution in [2.24, 2.45) is 5.73 Å². The first-order chi connectivity index (χ1) is 8.74. The van der Waals surface area contributed by atoms with Gasteiger partial charge in [-0.3, -0.25) is 4.98 Å². The van der Waals surface area contributed by atoms with Gasteiger partial charge in [-0.05, 0) is 30.5 Å². The molecule has 1 aromatic carbocycles. The van der Waals surface area contributed by atoms with Gasteiger partial charge >= 0.3 is 0 Å². The third kappa shape index (κ3) is 3.86. The maximum absolute atomic E-state index is 6.05. The number of hydrogen-bond donors (Lipinski definition) is 1. The second-order valence-electron chi connectivity index (χ2n) is 4.46. The van der Waals surface area contributed by atoms with E-state index in [0.29, 0.717) is 6.61 Å². The van der Waals surface area contributed by atoms with Gasteiger partial charge in [0.2, 0.25) is 0 Å². The highest BCUT2D eigenvalue weighted by Gasteiger charge is 2.05. The second kappa shape index (κ2) is 6.17. The summed E-state index contributed by atoms with van der Waals surface area (Å²) in [5, 5.41) is 0. The maximum Gasteiger partial charge on any atom is 0.137 e. The number of ether oxygens (including phenoxy) is 1. The van der Waals surface area contributed by atoms with E-state index in [2.05, 4.69) is 17.1 Å². The van der Waals surface area contributed by atoms with Crippen LogP contribution in [0.2, 0.25) is 0 Å². The fourth-order valence-corrected chi connectivity index (χ4v) is 1.79. The molecule has 1 heterocycles. The molecule has 0 aliphatic rings. The van der Waals surface area contributed by atoms with Crippen LogP contribution in [0.4, 0.5) is 0 Å². The number of aryl methyl sites for hydroxylation is 1. The van der Waals surface area contributed by atoms with Gasteiger partial charge in [-0.2, -0.15) is 0 Å². The van der Waals surface area contributed by atoms with Gasteiger partial charge in [-0.25, -0.2) is 0 Å². The van der Waals surface area contributed by atoms with Gasteiger partial charge in [-0.15, -0.1) is 0 Å². The number of hydrogen-bond acceptors (Lipinski definition) is 3. The Labute approximate surface area is 108 Å². The molecule has 0 amide bonds. The maximum atomic E-state index is 6.05. The average Bonchev–Trinajstić information content (AvgIpc) is 2.38. The highest BCUT2D eigenvalue weighted by Crippen LogP contribution is 2.11. The molecule has 0 aliphatic heterocycles. The second-order valence-corrected chi connectivity index (χ2v) is 4.46. The Morgan fingerprint density at radius 2 is 2.00 bits per heavy atom. The zero-order chi connectivity index (χ0) is 12.8. The van der Waals surface area contributed by atoms with E-state index in [9.17, 15) is 0 Å². The van der Waals surface area contributed by atoms with E-state index in [1.165, 1.54) is 5.56 Å². The predicted molar refractivity (Wildman–Crippen MR) is 72.6 cm³/mol. The van der Waals surface area contributed by atoms with Crippen molar-refractivity contribution in [1.82, 2.24) is 4.98 Å². The molecule has 3 heteroatoms. The topological polar surface area (TPSA) is 48.1 Å². The summed E-state index contributed by atoms with van der Waals surface area (Å²) in [6, 6.07) is 12.2. The Bertz CT molecular complexity index is 485. The summed E-state index contributed by atoms with van der Waals surface area (Å²) in [4.78, 5) is 4.08. The molecular formula is C15H18N2O. The number of benzene rings is 1. The number of aromatic nitrogens is 1. The fourth-order valence-electron chi connectivity index (χ4n) is 1.79. The van der Waals surface area contributed by atoms with Crippen molar-refractivity contribution in [2.45, 2.75) is 19.4 Å². The Hall–Kier alpha value is -1.87. The van der Waals surface area contributed by atoms with Crippen molar-refractivity contribution in [1.29, 1.82) is 0 Å². The molecule has 1 atom stereocenters. The van der Waals surface area contributed by atoms with Crippen molar-refractivity contribution >= 4 is 0 Å². The molecule has 94 valence electrons. The van der Waals surface area contributed by atoms with Crippen LogP contribution in [0.25, 0.3) is 0 Å². The van der Waals surface area contributed by atoms with E-state index in [4.69, 9.17) is 10.5 Å². The van der Waals surface area contributed by atoms with Crippen LogP contribution in [-0.2, 0) is 6.42 Å². The average molecular weight is 242 g/mol. The SMILES string of the molecule is Cc1cncc(OC[C@H](N)Cc2ccccc2)c1. The summed E-state index contributed by atoms with van der Waals surface area (Å²) in [6.45, 7) is 2.49. The largest absolute Gasteiger partial charge is 0.490 e. The Morgan fingerprint density at radius 3 is 2.72 bits per heavy atom. The molecule has 0 fully saturated rings. The minimum atomic E-state index is -0.00656. The quantitative estimate of drug-likeness (QED) is 0.875. The van der Waals surface area contributed by atoms with E-state index in [1.54, 1.807) is 12.4 Å². The third-order valence-corrected chi connectivity index (χ3v) is 2.65. The molecular weight excluding hydrogens is 224 g/mol. The number of pyridine rings is 1. The Morgan fingerprint density at radius 1 is 1.22 bits per heavy atom. The van der Waals surface area contributed by atoms with Gasteiger partial charge in [0, 0.05) is 12.2 Å². The van der Waals surface area contributed by atoms with Crippen LogP contribution in [0.5, 0.6) is 5.75 Å². The van der Waals surface area contributed by atoms with Crippen LogP contribution in [-0.4, -0.2) is 17.6 Å². The lowest BCUT2D eigenvalue weighted by Crippen LogP contribution is -2.30. The van der Waals surface area contributed by atoms with E-state index in [-0.39, 0.29) is 6.04 Å². The summed E-state index contributed by atoms with van der Waals surface area (Å²) >= 11 is 0. The van der Waals surface area contributed by atoms with Crippen LogP contribution >= 0.6 is 0 Å². The summed E-state index contributed by atoms with van der Waals surface area (Å²) in [6.07, 6.45) is 4.33.